The average molecular weight is 265 g/mol. The Labute approximate surface area is 110 Å². The first-order valence-electron chi connectivity index (χ1n) is 5.29. The molecule has 94 valence electrons. The van der Waals surface area contributed by atoms with E-state index >= 15 is 0 Å². The van der Waals surface area contributed by atoms with Crippen LogP contribution >= 0.6 is 11.6 Å². The number of methoxy groups -OCH3 is 1. The summed E-state index contributed by atoms with van der Waals surface area (Å²) in [6.45, 7) is 1.97. The first-order chi connectivity index (χ1) is 8.61. The number of anilines is 3. The van der Waals surface area contributed by atoms with E-state index in [9.17, 15) is 0 Å². The molecule has 0 atom stereocenters. The van der Waals surface area contributed by atoms with Gasteiger partial charge in [0, 0.05) is 11.8 Å². The Morgan fingerprint density at radius 2 is 2.11 bits per heavy atom. The predicted molar refractivity (Wildman–Crippen MR) is 72.5 cm³/mol. The second-order valence-corrected chi connectivity index (χ2v) is 4.09. The van der Waals surface area contributed by atoms with Crippen LogP contribution in [-0.2, 0) is 0 Å². The quantitative estimate of drug-likeness (QED) is 0.834. The van der Waals surface area contributed by atoms with Crippen molar-refractivity contribution in [3.8, 4) is 5.75 Å². The molecule has 3 N–H and O–H groups in total. The molecular formula is C12H13ClN4O. The average Bonchev–Trinajstić information content (AvgIpc) is 2.37. The number of aromatic nitrogens is 2. The molecule has 0 aliphatic heterocycles. The zero-order valence-corrected chi connectivity index (χ0v) is 10.8. The molecule has 0 fully saturated rings. The fraction of sp³-hybridized carbons (Fsp3) is 0.167. The number of nitrogens with one attached hydrogen (secondary N) is 1. The predicted octanol–water partition coefficient (Wildman–Crippen LogP) is 2.77. The molecule has 0 bridgehead atoms. The van der Waals surface area contributed by atoms with Crippen molar-refractivity contribution in [3.05, 3.63) is 35.2 Å². The molecule has 1 aromatic heterocycles. The summed E-state index contributed by atoms with van der Waals surface area (Å²) >= 11 is 5.84. The van der Waals surface area contributed by atoms with E-state index in [-0.39, 0.29) is 5.15 Å². The fourth-order valence-corrected chi connectivity index (χ4v) is 1.60. The Bertz CT molecular complexity index is 574. The fourth-order valence-electron chi connectivity index (χ4n) is 1.46. The van der Waals surface area contributed by atoms with Gasteiger partial charge in [0.25, 0.3) is 0 Å². The number of hydrogen-bond donors (Lipinski definition) is 2. The highest BCUT2D eigenvalue weighted by Gasteiger charge is 2.08. The number of nitrogens with two attached hydrogens (primary N) is 1. The molecule has 5 nitrogen and oxygen atoms in total. The molecule has 0 unspecified atom stereocenters. The SMILES string of the molecule is COc1ccc(C)c(Nc2ncnc(Cl)c2N)c1. The van der Waals surface area contributed by atoms with Gasteiger partial charge in [0.2, 0.25) is 0 Å². The summed E-state index contributed by atoms with van der Waals surface area (Å²) < 4.78 is 5.17. The number of aryl methyl sites for hydroxylation is 1. The number of halogens is 1. The van der Waals surface area contributed by atoms with Crippen LogP contribution < -0.4 is 15.8 Å². The van der Waals surface area contributed by atoms with Crippen molar-refractivity contribution in [2.75, 3.05) is 18.2 Å². The Balaban J connectivity index is 2.36. The van der Waals surface area contributed by atoms with E-state index in [1.54, 1.807) is 7.11 Å². The minimum absolute atomic E-state index is 0.230. The highest BCUT2D eigenvalue weighted by Crippen LogP contribution is 2.29. The molecule has 1 heterocycles. The second-order valence-electron chi connectivity index (χ2n) is 3.73. The topological polar surface area (TPSA) is 73.1 Å². The molecule has 6 heteroatoms. The minimum atomic E-state index is 0.230. The van der Waals surface area contributed by atoms with Crippen molar-refractivity contribution in [1.29, 1.82) is 0 Å². The van der Waals surface area contributed by atoms with Crippen LogP contribution in [0.4, 0.5) is 17.2 Å². The molecule has 0 radical (unpaired) electrons. The van der Waals surface area contributed by atoms with E-state index in [0.29, 0.717) is 11.5 Å². The smallest absolute Gasteiger partial charge is 0.158 e. The first-order valence-corrected chi connectivity index (χ1v) is 5.67. The summed E-state index contributed by atoms with van der Waals surface area (Å²) in [5.74, 6) is 1.23. The van der Waals surface area contributed by atoms with E-state index < -0.39 is 0 Å². The maximum Gasteiger partial charge on any atom is 0.158 e. The van der Waals surface area contributed by atoms with E-state index in [1.165, 1.54) is 6.33 Å². The number of rotatable bonds is 3. The largest absolute Gasteiger partial charge is 0.497 e. The van der Waals surface area contributed by atoms with Crippen LogP contribution in [0.2, 0.25) is 5.15 Å². The molecule has 0 saturated heterocycles. The van der Waals surface area contributed by atoms with Crippen molar-refractivity contribution in [3.63, 3.8) is 0 Å². The Morgan fingerprint density at radius 1 is 1.33 bits per heavy atom. The van der Waals surface area contributed by atoms with E-state index in [2.05, 4.69) is 15.3 Å². The second kappa shape index (κ2) is 5.10. The first kappa shape index (κ1) is 12.4. The van der Waals surface area contributed by atoms with Crippen LogP contribution in [0.1, 0.15) is 5.56 Å². The molecular weight excluding hydrogens is 252 g/mol. The summed E-state index contributed by atoms with van der Waals surface area (Å²) in [6, 6.07) is 5.70. The van der Waals surface area contributed by atoms with Gasteiger partial charge in [-0.25, -0.2) is 9.97 Å². The van der Waals surface area contributed by atoms with Crippen LogP contribution in [0.25, 0.3) is 0 Å². The van der Waals surface area contributed by atoms with E-state index in [1.807, 2.05) is 25.1 Å². The van der Waals surface area contributed by atoms with Crippen molar-refractivity contribution in [2.45, 2.75) is 6.92 Å². The standard InChI is InChI=1S/C12H13ClN4O/c1-7-3-4-8(18-2)5-9(7)17-12-10(14)11(13)15-6-16-12/h3-6H,14H2,1-2H3,(H,15,16,17). The highest BCUT2D eigenvalue weighted by atomic mass is 35.5. The lowest BCUT2D eigenvalue weighted by Crippen LogP contribution is -2.02. The summed E-state index contributed by atoms with van der Waals surface area (Å²) in [7, 11) is 1.62. The van der Waals surface area contributed by atoms with Gasteiger partial charge in [-0.3, -0.25) is 0 Å². The molecule has 0 aliphatic rings. The number of benzene rings is 1. The van der Waals surface area contributed by atoms with Gasteiger partial charge in [-0.15, -0.1) is 0 Å². The van der Waals surface area contributed by atoms with Gasteiger partial charge < -0.3 is 15.8 Å². The summed E-state index contributed by atoms with van der Waals surface area (Å²) in [5.41, 5.74) is 8.02. The summed E-state index contributed by atoms with van der Waals surface area (Å²) in [6.07, 6.45) is 1.36. The number of nitrogens with zero attached hydrogens (tertiary/aromatic N) is 2. The Hall–Kier alpha value is -2.01. The summed E-state index contributed by atoms with van der Waals surface area (Å²) in [5, 5.41) is 3.35. The Kier molecular flexibility index (Phi) is 3.53. The third-order valence-corrected chi connectivity index (χ3v) is 2.83. The van der Waals surface area contributed by atoms with Crippen molar-refractivity contribution in [2.24, 2.45) is 0 Å². The van der Waals surface area contributed by atoms with Crippen LogP contribution in [-0.4, -0.2) is 17.1 Å². The van der Waals surface area contributed by atoms with Crippen molar-refractivity contribution >= 4 is 28.8 Å². The minimum Gasteiger partial charge on any atom is -0.497 e. The van der Waals surface area contributed by atoms with Gasteiger partial charge in [-0.2, -0.15) is 0 Å². The molecule has 18 heavy (non-hydrogen) atoms. The van der Waals surface area contributed by atoms with Gasteiger partial charge in [0.1, 0.15) is 17.8 Å². The maximum atomic E-state index is 5.84. The van der Waals surface area contributed by atoms with Gasteiger partial charge in [0.15, 0.2) is 11.0 Å². The molecule has 0 spiro atoms. The molecule has 2 rings (SSSR count). The normalized spacial score (nSPS) is 10.2. The van der Waals surface area contributed by atoms with E-state index in [4.69, 9.17) is 22.1 Å². The maximum absolute atomic E-state index is 5.84. The van der Waals surface area contributed by atoms with Crippen LogP contribution in [0.5, 0.6) is 5.75 Å². The van der Waals surface area contributed by atoms with Gasteiger partial charge in [-0.1, -0.05) is 17.7 Å². The third-order valence-electron chi connectivity index (χ3n) is 2.53. The zero-order chi connectivity index (χ0) is 13.1. The van der Waals surface area contributed by atoms with Gasteiger partial charge in [0.05, 0.1) is 7.11 Å². The van der Waals surface area contributed by atoms with Gasteiger partial charge in [-0.05, 0) is 18.6 Å². The Morgan fingerprint density at radius 3 is 2.83 bits per heavy atom. The monoisotopic (exact) mass is 264 g/mol. The lowest BCUT2D eigenvalue weighted by atomic mass is 10.2. The number of nitrogen functional groups attached to an aromatic ring is 1. The van der Waals surface area contributed by atoms with Crippen LogP contribution in [0, 0.1) is 6.92 Å². The number of ether oxygens (including phenoxy) is 1. The lowest BCUT2D eigenvalue weighted by Gasteiger charge is -2.12. The molecule has 2 aromatic rings. The molecule has 1 aromatic carbocycles. The molecule has 0 amide bonds. The van der Waals surface area contributed by atoms with Crippen molar-refractivity contribution in [1.82, 2.24) is 9.97 Å². The molecule has 0 aliphatic carbocycles. The van der Waals surface area contributed by atoms with Gasteiger partial charge >= 0.3 is 0 Å². The van der Waals surface area contributed by atoms with Crippen LogP contribution in [0.15, 0.2) is 24.5 Å². The van der Waals surface area contributed by atoms with Crippen molar-refractivity contribution < 1.29 is 4.74 Å². The zero-order valence-electron chi connectivity index (χ0n) is 10.1. The third kappa shape index (κ3) is 2.46. The lowest BCUT2D eigenvalue weighted by molar-refractivity contribution is 0.415. The number of hydrogen-bond acceptors (Lipinski definition) is 5. The van der Waals surface area contributed by atoms with Crippen LogP contribution in [0.3, 0.4) is 0 Å². The highest BCUT2D eigenvalue weighted by molar-refractivity contribution is 6.32. The van der Waals surface area contributed by atoms with E-state index in [0.717, 1.165) is 17.0 Å². The summed E-state index contributed by atoms with van der Waals surface area (Å²) in [4.78, 5) is 7.86. The molecule has 0 saturated carbocycles.